The number of hydrogen-bond acceptors (Lipinski definition) is 10. The first-order valence-electron chi connectivity index (χ1n) is 20.3. The Bertz CT molecular complexity index is 2460. The minimum absolute atomic E-state index is 0.117. The zero-order chi connectivity index (χ0) is 42.3. The second-order valence-corrected chi connectivity index (χ2v) is 15.1. The van der Waals surface area contributed by atoms with Crippen molar-refractivity contribution in [2.45, 2.75) is 62.8 Å². The number of nitrogens with zero attached hydrogens (tertiary/aromatic N) is 6. The molecule has 0 bridgehead atoms. The zero-order valence-corrected chi connectivity index (χ0v) is 33.6. The number of carbonyl (C=O) groups excluding carboxylic acids is 4. The number of imidazole rings is 2. The standard InChI is InChI=1S/C45H46N10O6/c1-60-45(59)53-34(24-32-8-2-4-20-47-32)42(56)54-22-6-10-37(54)40-49-26-35(51-40)30-16-12-28(13-17-30)29-14-18-31(19-15-29)36-27-50-41(52-36)38-11-7-23-55(38)43(57)39(61-44(46)58)25-33-9-3-5-21-48-33/h2-5,8-9,12-21,26-27,34,37-39H,6-7,10-11,22-25H2,1H3,(H2,46,58)(H,49,51)(H,50,52)(H,53,59)/t34-,37-,38-,39-/m0/s1. The van der Waals surface area contributed by atoms with E-state index in [1.54, 1.807) is 52.8 Å². The SMILES string of the molecule is COC(=O)N[C@@H](Cc1ccccn1)C(=O)N1CCC[C@H]1c1ncc(-c2ccc(-c3ccc(-c4cnc([C@@H]5CCCN5C(=O)[C@H](Cc5ccccn5)OC(N)=O)[nH]4)cc3)cc2)[nH]1. The van der Waals surface area contributed by atoms with E-state index in [4.69, 9.17) is 20.2 Å². The molecule has 6 aromatic rings. The number of ether oxygens (including phenoxy) is 2. The maximum Gasteiger partial charge on any atom is 0.407 e. The Balaban J connectivity index is 0.913. The van der Waals surface area contributed by atoms with Crippen LogP contribution in [0.4, 0.5) is 9.59 Å². The third-order valence-electron chi connectivity index (χ3n) is 11.2. The molecule has 8 rings (SSSR count). The Labute approximate surface area is 351 Å². The first-order valence-corrected chi connectivity index (χ1v) is 20.3. The number of carbonyl (C=O) groups is 4. The second-order valence-electron chi connectivity index (χ2n) is 15.1. The Hall–Kier alpha value is -7.36. The van der Waals surface area contributed by atoms with Crippen LogP contribution in [0.1, 0.15) is 60.8 Å². The van der Waals surface area contributed by atoms with Crippen LogP contribution >= 0.6 is 0 Å². The quantitative estimate of drug-likeness (QED) is 0.108. The molecule has 61 heavy (non-hydrogen) atoms. The van der Waals surface area contributed by atoms with Crippen molar-refractivity contribution in [1.82, 2.24) is 45.0 Å². The molecule has 4 aromatic heterocycles. The van der Waals surface area contributed by atoms with Gasteiger partial charge in [-0.05, 0) is 72.2 Å². The van der Waals surface area contributed by atoms with Crippen molar-refractivity contribution in [3.05, 3.63) is 133 Å². The van der Waals surface area contributed by atoms with Gasteiger partial charge in [0.15, 0.2) is 6.10 Å². The summed E-state index contributed by atoms with van der Waals surface area (Å²) in [5.74, 6) is 0.794. The molecule has 2 aliphatic rings. The molecule has 0 unspecified atom stereocenters. The van der Waals surface area contributed by atoms with Gasteiger partial charge in [-0.25, -0.2) is 19.6 Å². The number of amides is 4. The molecule has 0 spiro atoms. The van der Waals surface area contributed by atoms with Crippen molar-refractivity contribution < 1.29 is 28.7 Å². The number of aromatic nitrogens is 6. The summed E-state index contributed by atoms with van der Waals surface area (Å²) in [5.41, 5.74) is 12.2. The van der Waals surface area contributed by atoms with Crippen molar-refractivity contribution in [2.24, 2.45) is 5.73 Å². The molecule has 4 amide bonds. The number of likely N-dealkylation sites (tertiary alicyclic amines) is 2. The fourth-order valence-electron chi connectivity index (χ4n) is 8.16. The predicted molar refractivity (Wildman–Crippen MR) is 224 cm³/mol. The molecule has 2 saturated heterocycles. The number of rotatable bonds is 13. The van der Waals surface area contributed by atoms with Gasteiger partial charge in [0.05, 0.1) is 43.0 Å². The van der Waals surface area contributed by atoms with E-state index in [9.17, 15) is 19.2 Å². The lowest BCUT2D eigenvalue weighted by Crippen LogP contribution is -2.49. The van der Waals surface area contributed by atoms with E-state index in [1.165, 1.54) is 7.11 Å². The molecule has 0 radical (unpaired) electrons. The summed E-state index contributed by atoms with van der Waals surface area (Å²) >= 11 is 0. The molecule has 2 fully saturated rings. The van der Waals surface area contributed by atoms with Gasteiger partial charge in [0.2, 0.25) is 5.91 Å². The molecule has 5 N–H and O–H groups in total. The summed E-state index contributed by atoms with van der Waals surface area (Å²) in [6.07, 6.45) is 7.43. The highest BCUT2D eigenvalue weighted by Gasteiger charge is 2.38. The number of benzene rings is 2. The summed E-state index contributed by atoms with van der Waals surface area (Å²) in [6.45, 7) is 1.04. The molecule has 0 aliphatic carbocycles. The van der Waals surface area contributed by atoms with Crippen LogP contribution in [-0.4, -0.2) is 96.0 Å². The van der Waals surface area contributed by atoms with Gasteiger partial charge < -0.3 is 40.3 Å². The summed E-state index contributed by atoms with van der Waals surface area (Å²) < 4.78 is 10.1. The van der Waals surface area contributed by atoms with Crippen LogP contribution in [0.3, 0.4) is 0 Å². The molecule has 2 aromatic carbocycles. The van der Waals surface area contributed by atoms with Gasteiger partial charge in [-0.15, -0.1) is 0 Å². The number of alkyl carbamates (subject to hydrolysis) is 1. The zero-order valence-electron chi connectivity index (χ0n) is 33.6. The van der Waals surface area contributed by atoms with Crippen molar-refractivity contribution in [3.8, 4) is 33.6 Å². The van der Waals surface area contributed by atoms with Crippen LogP contribution in [0.5, 0.6) is 0 Å². The maximum absolute atomic E-state index is 13.9. The fraction of sp³-hybridized carbons (Fsp3) is 0.289. The lowest BCUT2D eigenvalue weighted by Gasteiger charge is -2.28. The topological polar surface area (TPSA) is 214 Å². The van der Waals surface area contributed by atoms with Gasteiger partial charge in [-0.2, -0.15) is 0 Å². The molecule has 16 nitrogen and oxygen atoms in total. The monoisotopic (exact) mass is 822 g/mol. The molecule has 6 heterocycles. The van der Waals surface area contributed by atoms with Crippen LogP contribution in [0, 0.1) is 0 Å². The summed E-state index contributed by atoms with van der Waals surface area (Å²) in [7, 11) is 1.27. The molecule has 312 valence electrons. The number of pyridine rings is 2. The lowest BCUT2D eigenvalue weighted by atomic mass is 10.0. The predicted octanol–water partition coefficient (Wildman–Crippen LogP) is 5.92. The first kappa shape index (κ1) is 40.4. The average molecular weight is 823 g/mol. The molecular weight excluding hydrogens is 777 g/mol. The lowest BCUT2D eigenvalue weighted by molar-refractivity contribution is -0.141. The highest BCUT2D eigenvalue weighted by Crippen LogP contribution is 2.35. The smallest absolute Gasteiger partial charge is 0.407 e. The van der Waals surface area contributed by atoms with Crippen LogP contribution < -0.4 is 11.1 Å². The van der Waals surface area contributed by atoms with Crippen LogP contribution in [0.25, 0.3) is 33.6 Å². The van der Waals surface area contributed by atoms with Crippen molar-refractivity contribution in [1.29, 1.82) is 0 Å². The minimum atomic E-state index is -1.10. The van der Waals surface area contributed by atoms with Crippen LogP contribution in [-0.2, 0) is 31.9 Å². The maximum atomic E-state index is 13.9. The van der Waals surface area contributed by atoms with E-state index in [2.05, 4.69) is 54.5 Å². The van der Waals surface area contributed by atoms with Gasteiger partial charge in [0, 0.05) is 49.7 Å². The third kappa shape index (κ3) is 9.28. The number of aromatic amines is 2. The third-order valence-corrected chi connectivity index (χ3v) is 11.2. The number of nitrogens with two attached hydrogens (primary N) is 1. The van der Waals surface area contributed by atoms with Gasteiger partial charge in [-0.1, -0.05) is 60.7 Å². The van der Waals surface area contributed by atoms with Crippen LogP contribution in [0.15, 0.2) is 110 Å². The Morgan fingerprint density at radius 2 is 1.18 bits per heavy atom. The van der Waals surface area contributed by atoms with E-state index >= 15 is 0 Å². The van der Waals surface area contributed by atoms with E-state index in [1.807, 2.05) is 42.5 Å². The normalized spacial score (nSPS) is 17.1. The van der Waals surface area contributed by atoms with Gasteiger partial charge in [0.1, 0.15) is 17.7 Å². The largest absolute Gasteiger partial charge is 0.453 e. The van der Waals surface area contributed by atoms with E-state index < -0.39 is 24.3 Å². The van der Waals surface area contributed by atoms with Crippen molar-refractivity contribution in [3.63, 3.8) is 0 Å². The average Bonchev–Trinajstić information content (AvgIpc) is 4.14. The van der Waals surface area contributed by atoms with Crippen molar-refractivity contribution >= 4 is 24.0 Å². The van der Waals surface area contributed by atoms with Gasteiger partial charge >= 0.3 is 12.2 Å². The molecule has 4 atom stereocenters. The van der Waals surface area contributed by atoms with Crippen LogP contribution in [0.2, 0.25) is 0 Å². The molecular formula is C45H46N10O6. The second kappa shape index (κ2) is 18.3. The fourth-order valence-corrected chi connectivity index (χ4v) is 8.16. The highest BCUT2D eigenvalue weighted by atomic mass is 16.6. The number of methoxy groups -OCH3 is 1. The van der Waals surface area contributed by atoms with E-state index in [0.29, 0.717) is 42.5 Å². The molecule has 0 saturated carbocycles. The van der Waals surface area contributed by atoms with Gasteiger partial charge in [-0.3, -0.25) is 19.6 Å². The Morgan fingerprint density at radius 1 is 0.689 bits per heavy atom. The number of nitrogens with one attached hydrogen (secondary N) is 3. The minimum Gasteiger partial charge on any atom is -0.453 e. The summed E-state index contributed by atoms with van der Waals surface area (Å²) in [4.78, 5) is 79.8. The number of H-pyrrole nitrogens is 2. The Morgan fingerprint density at radius 3 is 1.66 bits per heavy atom. The van der Waals surface area contributed by atoms with E-state index in [-0.39, 0.29) is 36.7 Å². The van der Waals surface area contributed by atoms with E-state index in [0.717, 1.165) is 52.9 Å². The molecule has 2 aliphatic heterocycles. The Kier molecular flexibility index (Phi) is 12.1. The highest BCUT2D eigenvalue weighted by molar-refractivity contribution is 5.86. The number of primary amides is 1. The number of hydrogen-bond donors (Lipinski definition) is 4. The van der Waals surface area contributed by atoms with Gasteiger partial charge in [0.25, 0.3) is 5.91 Å². The van der Waals surface area contributed by atoms with Crippen molar-refractivity contribution in [2.75, 3.05) is 20.2 Å². The summed E-state index contributed by atoms with van der Waals surface area (Å²) in [5, 5.41) is 2.70. The summed E-state index contributed by atoms with van der Waals surface area (Å²) in [6, 6.07) is 25.7. The molecule has 16 heteroatoms. The first-order chi connectivity index (χ1) is 29.7.